The molecule has 4 nitrogen and oxygen atoms in total. The van der Waals surface area contributed by atoms with Gasteiger partial charge in [-0.25, -0.2) is 13.4 Å². The fourth-order valence-corrected chi connectivity index (χ4v) is 4.29. The molecule has 2 aromatic rings. The maximum Gasteiger partial charge on any atom is 0.184 e. The molecular formula is C14H18N2O2S2. The predicted octanol–water partition coefficient (Wildman–Crippen LogP) is 2.62. The van der Waals surface area contributed by atoms with Crippen LogP contribution in [0.4, 0.5) is 0 Å². The second-order valence-electron chi connectivity index (χ2n) is 4.47. The number of sulfone groups is 1. The molecule has 0 unspecified atom stereocenters. The molecule has 1 N–H and O–H groups in total. The molecule has 2 rings (SSSR count). The Morgan fingerprint density at radius 2 is 2.00 bits per heavy atom. The van der Waals surface area contributed by atoms with Crippen molar-refractivity contribution in [1.29, 1.82) is 0 Å². The van der Waals surface area contributed by atoms with Gasteiger partial charge in [0.15, 0.2) is 9.84 Å². The minimum Gasteiger partial charge on any atom is -0.312 e. The lowest BCUT2D eigenvalue weighted by atomic mass is 10.4. The van der Waals surface area contributed by atoms with Crippen molar-refractivity contribution >= 4 is 21.2 Å². The van der Waals surface area contributed by atoms with Gasteiger partial charge in [-0.2, -0.15) is 0 Å². The molecule has 0 aliphatic heterocycles. The third kappa shape index (κ3) is 4.13. The fourth-order valence-electron chi connectivity index (χ4n) is 1.76. The summed E-state index contributed by atoms with van der Waals surface area (Å²) in [5.74, 6) is -0.0323. The van der Waals surface area contributed by atoms with Crippen LogP contribution in [0.2, 0.25) is 0 Å². The second kappa shape index (κ2) is 6.97. The first-order valence-corrected chi connectivity index (χ1v) is 9.01. The third-order valence-corrected chi connectivity index (χ3v) is 5.57. The number of nitrogens with one attached hydrogen (secondary N) is 1. The average molecular weight is 310 g/mol. The summed E-state index contributed by atoms with van der Waals surface area (Å²) in [6.07, 6.45) is 2.83. The Bertz CT molecular complexity index is 636. The molecule has 0 saturated heterocycles. The van der Waals surface area contributed by atoms with Crippen molar-refractivity contribution in [2.45, 2.75) is 30.5 Å². The molecule has 0 spiro atoms. The van der Waals surface area contributed by atoms with Gasteiger partial charge in [-0.3, -0.25) is 0 Å². The molecule has 0 fully saturated rings. The SMILES string of the molecule is CCCNCc1cnc(CS(=O)(=O)c2ccccc2)s1. The van der Waals surface area contributed by atoms with Gasteiger partial charge in [0.2, 0.25) is 0 Å². The Hall–Kier alpha value is -1.24. The molecule has 1 aromatic heterocycles. The lowest BCUT2D eigenvalue weighted by Gasteiger charge is -2.01. The van der Waals surface area contributed by atoms with Gasteiger partial charge in [0.05, 0.1) is 4.90 Å². The highest BCUT2D eigenvalue weighted by molar-refractivity contribution is 7.90. The molecule has 1 aromatic carbocycles. The van der Waals surface area contributed by atoms with E-state index < -0.39 is 9.84 Å². The molecule has 108 valence electrons. The van der Waals surface area contributed by atoms with Crippen LogP contribution in [0.15, 0.2) is 41.4 Å². The number of nitrogens with zero attached hydrogens (tertiary/aromatic N) is 1. The van der Waals surface area contributed by atoms with Crippen LogP contribution >= 0.6 is 11.3 Å². The number of aromatic nitrogens is 1. The van der Waals surface area contributed by atoms with Crippen LogP contribution in [0.25, 0.3) is 0 Å². The zero-order chi connectivity index (χ0) is 14.4. The Morgan fingerprint density at radius 1 is 1.25 bits per heavy atom. The third-order valence-electron chi connectivity index (χ3n) is 2.74. The molecule has 0 amide bonds. The van der Waals surface area contributed by atoms with E-state index in [2.05, 4.69) is 17.2 Å². The minimum absolute atomic E-state index is 0.0323. The largest absolute Gasteiger partial charge is 0.312 e. The van der Waals surface area contributed by atoms with E-state index in [1.807, 2.05) is 0 Å². The highest BCUT2D eigenvalue weighted by Crippen LogP contribution is 2.20. The Kier molecular flexibility index (Phi) is 5.28. The molecule has 0 aliphatic carbocycles. The van der Waals surface area contributed by atoms with Crippen LogP contribution < -0.4 is 5.32 Å². The standard InChI is InChI=1S/C14H18N2O2S2/c1-2-8-15-9-12-10-16-14(19-12)11-20(17,18)13-6-4-3-5-7-13/h3-7,10,15H,2,8-9,11H2,1H3. The lowest BCUT2D eigenvalue weighted by Crippen LogP contribution is -2.12. The second-order valence-corrected chi connectivity index (χ2v) is 7.66. The summed E-state index contributed by atoms with van der Waals surface area (Å²) in [6, 6.07) is 8.50. The minimum atomic E-state index is -3.30. The van der Waals surface area contributed by atoms with Crippen molar-refractivity contribution < 1.29 is 8.42 Å². The lowest BCUT2D eigenvalue weighted by molar-refractivity contribution is 0.595. The van der Waals surface area contributed by atoms with Crippen molar-refractivity contribution in [3.63, 3.8) is 0 Å². The van der Waals surface area contributed by atoms with E-state index in [-0.39, 0.29) is 5.75 Å². The Morgan fingerprint density at radius 3 is 2.70 bits per heavy atom. The van der Waals surface area contributed by atoms with Gasteiger partial charge in [0.25, 0.3) is 0 Å². The zero-order valence-corrected chi connectivity index (χ0v) is 13.0. The molecule has 0 aliphatic rings. The number of hydrogen-bond acceptors (Lipinski definition) is 5. The van der Waals surface area contributed by atoms with Crippen LogP contribution in [0.3, 0.4) is 0 Å². The molecule has 0 bridgehead atoms. The molecule has 0 atom stereocenters. The van der Waals surface area contributed by atoms with E-state index in [4.69, 9.17) is 0 Å². The summed E-state index contributed by atoms with van der Waals surface area (Å²) in [7, 11) is -3.30. The van der Waals surface area contributed by atoms with Crippen molar-refractivity contribution in [3.8, 4) is 0 Å². The van der Waals surface area contributed by atoms with Crippen LogP contribution in [0.5, 0.6) is 0 Å². The summed E-state index contributed by atoms with van der Waals surface area (Å²) >= 11 is 1.45. The average Bonchev–Trinajstić information content (AvgIpc) is 2.87. The summed E-state index contributed by atoms with van der Waals surface area (Å²) in [6.45, 7) is 3.81. The fraction of sp³-hybridized carbons (Fsp3) is 0.357. The number of benzene rings is 1. The van der Waals surface area contributed by atoms with Gasteiger partial charge in [-0.05, 0) is 25.1 Å². The summed E-state index contributed by atoms with van der Waals surface area (Å²) in [5, 5.41) is 3.92. The van der Waals surface area contributed by atoms with E-state index in [9.17, 15) is 8.42 Å². The van der Waals surface area contributed by atoms with Gasteiger partial charge in [0.1, 0.15) is 10.8 Å². The number of thiazole rings is 1. The van der Waals surface area contributed by atoms with Gasteiger partial charge in [-0.1, -0.05) is 25.1 Å². The Labute approximate surface area is 123 Å². The van der Waals surface area contributed by atoms with Crippen molar-refractivity contribution in [3.05, 3.63) is 46.4 Å². The molecule has 6 heteroatoms. The quantitative estimate of drug-likeness (QED) is 0.799. The summed E-state index contributed by atoms with van der Waals surface area (Å²) in [4.78, 5) is 5.62. The summed E-state index contributed by atoms with van der Waals surface area (Å²) < 4.78 is 24.4. The first-order chi connectivity index (χ1) is 9.62. The van der Waals surface area contributed by atoms with E-state index >= 15 is 0 Å². The van der Waals surface area contributed by atoms with Crippen LogP contribution in [0, 0.1) is 0 Å². The van der Waals surface area contributed by atoms with Crippen molar-refractivity contribution in [1.82, 2.24) is 10.3 Å². The maximum absolute atomic E-state index is 12.2. The van der Waals surface area contributed by atoms with Gasteiger partial charge in [0, 0.05) is 17.6 Å². The molecule has 0 saturated carbocycles. The predicted molar refractivity (Wildman–Crippen MR) is 81.4 cm³/mol. The first-order valence-electron chi connectivity index (χ1n) is 6.54. The van der Waals surface area contributed by atoms with Crippen molar-refractivity contribution in [2.75, 3.05) is 6.54 Å². The highest BCUT2D eigenvalue weighted by Gasteiger charge is 2.17. The van der Waals surface area contributed by atoms with E-state index in [1.54, 1.807) is 36.5 Å². The normalized spacial score (nSPS) is 11.7. The molecule has 0 radical (unpaired) electrons. The maximum atomic E-state index is 12.2. The van der Waals surface area contributed by atoms with E-state index in [0.29, 0.717) is 9.90 Å². The molecule has 20 heavy (non-hydrogen) atoms. The van der Waals surface area contributed by atoms with E-state index in [1.165, 1.54) is 11.3 Å². The molecular weight excluding hydrogens is 292 g/mol. The monoisotopic (exact) mass is 310 g/mol. The van der Waals surface area contributed by atoms with Crippen molar-refractivity contribution in [2.24, 2.45) is 0 Å². The smallest absolute Gasteiger partial charge is 0.184 e. The number of hydrogen-bond donors (Lipinski definition) is 1. The highest BCUT2D eigenvalue weighted by atomic mass is 32.2. The summed E-state index contributed by atoms with van der Waals surface area (Å²) in [5.41, 5.74) is 0. The molecule has 1 heterocycles. The van der Waals surface area contributed by atoms with Gasteiger partial charge < -0.3 is 5.32 Å². The number of rotatable bonds is 7. The topological polar surface area (TPSA) is 59.1 Å². The zero-order valence-electron chi connectivity index (χ0n) is 11.4. The first kappa shape index (κ1) is 15.2. The van der Waals surface area contributed by atoms with Crippen LogP contribution in [0.1, 0.15) is 23.2 Å². The van der Waals surface area contributed by atoms with Gasteiger partial charge >= 0.3 is 0 Å². The van der Waals surface area contributed by atoms with E-state index in [0.717, 1.165) is 24.4 Å². The van der Waals surface area contributed by atoms with Crippen LogP contribution in [-0.2, 0) is 22.1 Å². The van der Waals surface area contributed by atoms with Crippen LogP contribution in [-0.4, -0.2) is 19.9 Å². The van der Waals surface area contributed by atoms with Gasteiger partial charge in [-0.15, -0.1) is 11.3 Å². The Balaban J connectivity index is 2.03.